The number of hydrogen-bond acceptors (Lipinski definition) is 4. The van der Waals surface area contributed by atoms with E-state index in [1.165, 1.54) is 0 Å². The molecular weight excluding hydrogens is 306 g/mol. The molecule has 0 unspecified atom stereocenters. The van der Waals surface area contributed by atoms with Crippen molar-refractivity contribution in [2.45, 2.75) is 33.1 Å². The van der Waals surface area contributed by atoms with Gasteiger partial charge in [-0.25, -0.2) is 9.97 Å². The van der Waals surface area contributed by atoms with E-state index in [1.807, 2.05) is 20.2 Å². The summed E-state index contributed by atoms with van der Waals surface area (Å²) in [5.74, 6) is 1.08. The van der Waals surface area contributed by atoms with Gasteiger partial charge in [-0.2, -0.15) is 5.10 Å². The maximum Gasteiger partial charge on any atom is 0.165 e. The molecule has 0 aliphatic rings. The smallest absolute Gasteiger partial charge is 0.165 e. The normalized spacial score (nSPS) is 11.9. The number of aryl methyl sites for hydroxylation is 2. The molecule has 102 valence electrons. The highest BCUT2D eigenvalue weighted by molar-refractivity contribution is 9.10. The Morgan fingerprint density at radius 1 is 1.26 bits per heavy atom. The summed E-state index contributed by atoms with van der Waals surface area (Å²) in [6.45, 7) is 8.23. The number of nitrogen functional groups attached to an aromatic ring is 1. The maximum atomic E-state index is 5.99. The lowest BCUT2D eigenvalue weighted by Gasteiger charge is -2.20. The minimum absolute atomic E-state index is 0.110. The van der Waals surface area contributed by atoms with Crippen molar-refractivity contribution in [3.8, 4) is 11.4 Å². The van der Waals surface area contributed by atoms with E-state index in [4.69, 9.17) is 5.73 Å². The molecule has 0 radical (unpaired) electrons. The van der Waals surface area contributed by atoms with Crippen LogP contribution in [-0.2, 0) is 12.5 Å². The molecule has 19 heavy (non-hydrogen) atoms. The van der Waals surface area contributed by atoms with E-state index >= 15 is 0 Å². The van der Waals surface area contributed by atoms with Crippen LogP contribution in [0.4, 0.5) is 5.82 Å². The van der Waals surface area contributed by atoms with Crippen molar-refractivity contribution >= 4 is 21.7 Å². The van der Waals surface area contributed by atoms with Crippen molar-refractivity contribution in [1.29, 1.82) is 0 Å². The van der Waals surface area contributed by atoms with Crippen LogP contribution in [-0.4, -0.2) is 19.7 Å². The molecule has 0 fully saturated rings. The quantitative estimate of drug-likeness (QED) is 0.876. The van der Waals surface area contributed by atoms with Crippen molar-refractivity contribution in [3.05, 3.63) is 22.1 Å². The molecule has 0 aromatic carbocycles. The van der Waals surface area contributed by atoms with Crippen molar-refractivity contribution < 1.29 is 0 Å². The van der Waals surface area contributed by atoms with E-state index in [2.05, 4.69) is 51.8 Å². The van der Waals surface area contributed by atoms with Crippen molar-refractivity contribution in [2.75, 3.05) is 5.73 Å². The van der Waals surface area contributed by atoms with Gasteiger partial charge in [0.05, 0.1) is 21.4 Å². The van der Waals surface area contributed by atoms with Gasteiger partial charge in [0, 0.05) is 18.7 Å². The lowest BCUT2D eigenvalue weighted by atomic mass is 9.91. The zero-order chi connectivity index (χ0) is 14.4. The zero-order valence-electron chi connectivity index (χ0n) is 11.8. The van der Waals surface area contributed by atoms with Gasteiger partial charge in [-0.3, -0.25) is 4.68 Å². The van der Waals surface area contributed by atoms with Crippen LogP contribution >= 0.6 is 15.9 Å². The van der Waals surface area contributed by atoms with Crippen LogP contribution in [0, 0.1) is 6.92 Å². The minimum Gasteiger partial charge on any atom is -0.383 e. The first-order valence-electron chi connectivity index (χ1n) is 6.04. The molecule has 0 aliphatic carbocycles. The van der Waals surface area contributed by atoms with E-state index in [0.29, 0.717) is 11.6 Å². The van der Waals surface area contributed by atoms with Crippen molar-refractivity contribution in [2.24, 2.45) is 7.05 Å². The second-order valence-electron chi connectivity index (χ2n) is 5.65. The van der Waals surface area contributed by atoms with Crippen LogP contribution in [0.3, 0.4) is 0 Å². The summed E-state index contributed by atoms with van der Waals surface area (Å²) < 4.78 is 2.52. The number of rotatable bonds is 1. The van der Waals surface area contributed by atoms with E-state index in [0.717, 1.165) is 21.4 Å². The predicted molar refractivity (Wildman–Crippen MR) is 79.8 cm³/mol. The van der Waals surface area contributed by atoms with Crippen molar-refractivity contribution in [1.82, 2.24) is 19.7 Å². The molecule has 2 aromatic rings. The third-order valence-electron chi connectivity index (χ3n) is 2.84. The molecular formula is C13H18BrN5. The number of hydrogen-bond donors (Lipinski definition) is 1. The molecule has 5 nitrogen and oxygen atoms in total. The van der Waals surface area contributed by atoms with E-state index in [-0.39, 0.29) is 5.41 Å². The van der Waals surface area contributed by atoms with Gasteiger partial charge in [-0.15, -0.1) is 0 Å². The summed E-state index contributed by atoms with van der Waals surface area (Å²) in [7, 11) is 1.88. The molecule has 2 rings (SSSR count). The summed E-state index contributed by atoms with van der Waals surface area (Å²) in [4.78, 5) is 9.02. The van der Waals surface area contributed by atoms with E-state index in [9.17, 15) is 0 Å². The Kier molecular flexibility index (Phi) is 3.38. The first kappa shape index (κ1) is 14.0. The average Bonchev–Trinajstić information content (AvgIpc) is 2.60. The van der Waals surface area contributed by atoms with Gasteiger partial charge in [-0.1, -0.05) is 20.8 Å². The fourth-order valence-electron chi connectivity index (χ4n) is 1.90. The number of halogens is 1. The molecule has 0 atom stereocenters. The Balaban J connectivity index is 2.67. The number of anilines is 1. The Bertz CT molecular complexity index is 625. The van der Waals surface area contributed by atoms with Gasteiger partial charge >= 0.3 is 0 Å². The van der Waals surface area contributed by atoms with Gasteiger partial charge in [0.15, 0.2) is 5.82 Å². The number of nitrogens with zero attached hydrogens (tertiary/aromatic N) is 4. The van der Waals surface area contributed by atoms with Gasteiger partial charge in [0.1, 0.15) is 5.82 Å². The summed E-state index contributed by atoms with van der Waals surface area (Å²) in [5.41, 5.74) is 8.58. The SMILES string of the molecule is Cc1nn(C)cc1-c1nc(N)c(Br)c(C(C)(C)C)n1. The van der Waals surface area contributed by atoms with E-state index < -0.39 is 0 Å². The van der Waals surface area contributed by atoms with Gasteiger partial charge in [-0.05, 0) is 22.9 Å². The van der Waals surface area contributed by atoms with Crippen LogP contribution in [0.25, 0.3) is 11.4 Å². The molecule has 2 heterocycles. The third-order valence-corrected chi connectivity index (χ3v) is 3.62. The molecule has 0 aliphatic heterocycles. The van der Waals surface area contributed by atoms with Gasteiger partial charge < -0.3 is 5.73 Å². The Morgan fingerprint density at radius 2 is 1.89 bits per heavy atom. The highest BCUT2D eigenvalue weighted by atomic mass is 79.9. The Labute approximate surface area is 121 Å². The Hall–Kier alpha value is -1.43. The largest absolute Gasteiger partial charge is 0.383 e. The van der Waals surface area contributed by atoms with Crippen LogP contribution in [0.2, 0.25) is 0 Å². The van der Waals surface area contributed by atoms with E-state index in [1.54, 1.807) is 4.68 Å². The maximum absolute atomic E-state index is 5.99. The molecule has 6 heteroatoms. The molecule has 2 N–H and O–H groups in total. The summed E-state index contributed by atoms with van der Waals surface area (Å²) >= 11 is 3.48. The van der Waals surface area contributed by atoms with Crippen LogP contribution in [0.1, 0.15) is 32.2 Å². The molecule has 0 saturated carbocycles. The molecule has 2 aromatic heterocycles. The molecule has 0 amide bonds. The van der Waals surface area contributed by atoms with Crippen LogP contribution < -0.4 is 5.73 Å². The standard InChI is InChI=1S/C13H18BrN5/c1-7-8(6-19(5)18-7)12-16-10(13(2,3)4)9(14)11(15)17-12/h6H,1-5H3,(H2,15,16,17). The zero-order valence-corrected chi connectivity index (χ0v) is 13.4. The van der Waals surface area contributed by atoms with Crippen molar-refractivity contribution in [3.63, 3.8) is 0 Å². The monoisotopic (exact) mass is 323 g/mol. The molecule has 0 bridgehead atoms. The Morgan fingerprint density at radius 3 is 2.37 bits per heavy atom. The van der Waals surface area contributed by atoms with Crippen LogP contribution in [0.15, 0.2) is 10.7 Å². The third kappa shape index (κ3) is 2.63. The fourth-order valence-corrected chi connectivity index (χ4v) is 2.67. The summed E-state index contributed by atoms with van der Waals surface area (Å²) in [6.07, 6.45) is 1.91. The number of nitrogens with two attached hydrogens (primary N) is 1. The number of aromatic nitrogens is 4. The van der Waals surface area contributed by atoms with Crippen LogP contribution in [0.5, 0.6) is 0 Å². The minimum atomic E-state index is -0.110. The molecule has 0 spiro atoms. The van der Waals surface area contributed by atoms with Gasteiger partial charge in [0.25, 0.3) is 0 Å². The summed E-state index contributed by atoms with van der Waals surface area (Å²) in [5, 5.41) is 4.32. The lowest BCUT2D eigenvalue weighted by molar-refractivity contribution is 0.564. The first-order valence-corrected chi connectivity index (χ1v) is 6.83. The molecule has 0 saturated heterocycles. The fraction of sp³-hybridized carbons (Fsp3) is 0.462. The van der Waals surface area contributed by atoms with Gasteiger partial charge in [0.2, 0.25) is 0 Å². The first-order chi connectivity index (χ1) is 8.70. The second kappa shape index (κ2) is 4.59. The topological polar surface area (TPSA) is 69.6 Å². The second-order valence-corrected chi connectivity index (χ2v) is 6.44. The summed E-state index contributed by atoms with van der Waals surface area (Å²) in [6, 6.07) is 0. The lowest BCUT2D eigenvalue weighted by Crippen LogP contribution is -2.17. The highest BCUT2D eigenvalue weighted by Crippen LogP contribution is 2.33. The average molecular weight is 324 g/mol. The predicted octanol–water partition coefficient (Wildman–Crippen LogP) is 2.83. The highest BCUT2D eigenvalue weighted by Gasteiger charge is 2.23.